The van der Waals surface area contributed by atoms with Gasteiger partial charge in [0, 0.05) is 6.04 Å². The molecule has 0 unspecified atom stereocenters. The van der Waals surface area contributed by atoms with Crippen molar-refractivity contribution >= 4 is 12.4 Å². The van der Waals surface area contributed by atoms with Gasteiger partial charge in [0.05, 0.1) is 6.10 Å². The van der Waals surface area contributed by atoms with Crippen LogP contribution in [0.1, 0.15) is 19.3 Å². The average molecular weight is 153 g/mol. The van der Waals surface area contributed by atoms with Crippen molar-refractivity contribution in [2.24, 2.45) is 5.84 Å². The molecule has 4 heteroatoms. The molecule has 0 spiro atoms. The molecule has 0 saturated heterocycles. The SMILES string of the molecule is Cl.NN[C@H]1CCC[C@H]1O. The van der Waals surface area contributed by atoms with Gasteiger partial charge in [-0.2, -0.15) is 0 Å². The molecular formula is C5H13ClN2O. The fourth-order valence-electron chi connectivity index (χ4n) is 1.13. The van der Waals surface area contributed by atoms with Gasteiger partial charge in [-0.3, -0.25) is 11.3 Å². The van der Waals surface area contributed by atoms with Gasteiger partial charge in [-0.25, -0.2) is 0 Å². The van der Waals surface area contributed by atoms with Crippen molar-refractivity contribution in [3.63, 3.8) is 0 Å². The molecular weight excluding hydrogens is 140 g/mol. The van der Waals surface area contributed by atoms with Gasteiger partial charge in [-0.1, -0.05) is 0 Å². The summed E-state index contributed by atoms with van der Waals surface area (Å²) in [6, 6.07) is 0.148. The van der Waals surface area contributed by atoms with Crippen LogP contribution in [0.25, 0.3) is 0 Å². The molecule has 0 aromatic heterocycles. The summed E-state index contributed by atoms with van der Waals surface area (Å²) in [5.74, 6) is 5.11. The second kappa shape index (κ2) is 4.06. The summed E-state index contributed by atoms with van der Waals surface area (Å²) < 4.78 is 0. The topological polar surface area (TPSA) is 58.3 Å². The van der Waals surface area contributed by atoms with Crippen molar-refractivity contribution in [1.82, 2.24) is 5.43 Å². The van der Waals surface area contributed by atoms with E-state index in [1.807, 2.05) is 0 Å². The first-order chi connectivity index (χ1) is 3.84. The minimum absolute atomic E-state index is 0. The van der Waals surface area contributed by atoms with E-state index < -0.39 is 0 Å². The molecule has 2 atom stereocenters. The van der Waals surface area contributed by atoms with Crippen molar-refractivity contribution in [1.29, 1.82) is 0 Å². The number of rotatable bonds is 1. The summed E-state index contributed by atoms with van der Waals surface area (Å²) in [5.41, 5.74) is 2.56. The summed E-state index contributed by atoms with van der Waals surface area (Å²) in [6.07, 6.45) is 2.79. The van der Waals surface area contributed by atoms with Crippen molar-refractivity contribution in [2.75, 3.05) is 0 Å². The first kappa shape index (κ1) is 9.17. The number of hydrazine groups is 1. The Bertz CT molecular complexity index is 81.4. The highest BCUT2D eigenvalue weighted by Gasteiger charge is 2.23. The Balaban J connectivity index is 0.000000640. The second-order valence-electron chi connectivity index (χ2n) is 2.27. The van der Waals surface area contributed by atoms with Crippen molar-refractivity contribution in [3.8, 4) is 0 Å². The van der Waals surface area contributed by atoms with Crippen molar-refractivity contribution < 1.29 is 5.11 Å². The first-order valence-corrected chi connectivity index (χ1v) is 2.99. The highest BCUT2D eigenvalue weighted by atomic mass is 35.5. The Hall–Kier alpha value is 0.170. The lowest BCUT2D eigenvalue weighted by atomic mass is 10.2. The van der Waals surface area contributed by atoms with Gasteiger partial charge >= 0.3 is 0 Å². The van der Waals surface area contributed by atoms with Crippen LogP contribution in [0.5, 0.6) is 0 Å². The lowest BCUT2D eigenvalue weighted by Gasteiger charge is -2.10. The maximum absolute atomic E-state index is 9.05. The largest absolute Gasteiger partial charge is 0.391 e. The van der Waals surface area contributed by atoms with E-state index in [0.29, 0.717) is 0 Å². The molecule has 3 nitrogen and oxygen atoms in total. The first-order valence-electron chi connectivity index (χ1n) is 2.99. The third-order valence-corrected chi connectivity index (χ3v) is 1.69. The summed E-state index contributed by atoms with van der Waals surface area (Å²) in [5, 5.41) is 9.05. The Labute approximate surface area is 61.0 Å². The highest BCUT2D eigenvalue weighted by Crippen LogP contribution is 2.17. The third kappa shape index (κ3) is 2.10. The van der Waals surface area contributed by atoms with Crippen LogP contribution in [0.2, 0.25) is 0 Å². The van der Waals surface area contributed by atoms with Gasteiger partial charge < -0.3 is 5.11 Å². The van der Waals surface area contributed by atoms with Crippen LogP contribution in [-0.4, -0.2) is 17.3 Å². The van der Waals surface area contributed by atoms with E-state index in [1.165, 1.54) is 0 Å². The molecule has 0 aromatic rings. The minimum atomic E-state index is -0.208. The van der Waals surface area contributed by atoms with Gasteiger partial charge in [0.25, 0.3) is 0 Å². The predicted molar refractivity (Wildman–Crippen MR) is 38.2 cm³/mol. The molecule has 4 N–H and O–H groups in total. The number of aliphatic hydroxyl groups excluding tert-OH is 1. The Kier molecular flexibility index (Phi) is 4.14. The van der Waals surface area contributed by atoms with Crippen LogP contribution in [0.15, 0.2) is 0 Å². The van der Waals surface area contributed by atoms with Gasteiger partial charge in [-0.15, -0.1) is 12.4 Å². The van der Waals surface area contributed by atoms with E-state index in [-0.39, 0.29) is 24.6 Å². The summed E-state index contributed by atoms with van der Waals surface area (Å²) in [7, 11) is 0. The predicted octanol–water partition coefficient (Wildman–Crippen LogP) is -0.215. The molecule has 0 heterocycles. The van der Waals surface area contributed by atoms with Gasteiger partial charge in [0.2, 0.25) is 0 Å². The highest BCUT2D eigenvalue weighted by molar-refractivity contribution is 5.85. The Morgan fingerprint density at radius 2 is 2.11 bits per heavy atom. The molecule has 0 radical (unpaired) electrons. The van der Waals surface area contributed by atoms with Crippen LogP contribution in [0.4, 0.5) is 0 Å². The monoisotopic (exact) mass is 152 g/mol. The van der Waals surface area contributed by atoms with E-state index >= 15 is 0 Å². The Morgan fingerprint density at radius 3 is 2.33 bits per heavy atom. The molecule has 1 aliphatic carbocycles. The van der Waals surface area contributed by atoms with Crippen molar-refractivity contribution in [3.05, 3.63) is 0 Å². The van der Waals surface area contributed by atoms with Crippen LogP contribution in [-0.2, 0) is 0 Å². The fraction of sp³-hybridized carbons (Fsp3) is 1.00. The van der Waals surface area contributed by atoms with Crippen LogP contribution >= 0.6 is 12.4 Å². The lowest BCUT2D eigenvalue weighted by Crippen LogP contribution is -2.40. The van der Waals surface area contributed by atoms with Gasteiger partial charge in [-0.05, 0) is 19.3 Å². The van der Waals surface area contributed by atoms with Gasteiger partial charge in [0.15, 0.2) is 0 Å². The summed E-state index contributed by atoms with van der Waals surface area (Å²) in [4.78, 5) is 0. The van der Waals surface area contributed by atoms with E-state index in [4.69, 9.17) is 10.9 Å². The Morgan fingerprint density at radius 1 is 1.44 bits per heavy atom. The minimum Gasteiger partial charge on any atom is -0.391 e. The van der Waals surface area contributed by atoms with Crippen LogP contribution in [0, 0.1) is 0 Å². The maximum atomic E-state index is 9.05. The molecule has 0 aliphatic heterocycles. The molecule has 0 aromatic carbocycles. The molecule has 1 aliphatic rings. The second-order valence-corrected chi connectivity index (χ2v) is 2.27. The maximum Gasteiger partial charge on any atom is 0.0706 e. The van der Waals surface area contributed by atoms with Crippen LogP contribution in [0.3, 0.4) is 0 Å². The zero-order valence-corrected chi connectivity index (χ0v) is 6.03. The normalized spacial score (nSPS) is 34.0. The number of halogens is 1. The zero-order chi connectivity index (χ0) is 5.98. The number of nitrogens with two attached hydrogens (primary N) is 1. The quantitative estimate of drug-likeness (QED) is 0.360. The van der Waals surface area contributed by atoms with E-state index in [1.54, 1.807) is 0 Å². The standard InChI is InChI=1S/C5H12N2O.ClH/c6-7-4-2-1-3-5(4)8;/h4-5,7-8H,1-3,6H2;1H/t4-,5+;/m0./s1. The molecule has 1 rings (SSSR count). The fourth-order valence-corrected chi connectivity index (χ4v) is 1.13. The van der Waals surface area contributed by atoms with Gasteiger partial charge in [0.1, 0.15) is 0 Å². The number of hydrogen-bond acceptors (Lipinski definition) is 3. The molecule has 1 saturated carbocycles. The molecule has 0 amide bonds. The molecule has 0 bridgehead atoms. The number of aliphatic hydroxyl groups is 1. The number of nitrogens with one attached hydrogen (secondary N) is 1. The zero-order valence-electron chi connectivity index (χ0n) is 5.21. The smallest absolute Gasteiger partial charge is 0.0706 e. The summed E-state index contributed by atoms with van der Waals surface area (Å²) >= 11 is 0. The van der Waals surface area contributed by atoms with E-state index in [2.05, 4.69) is 5.43 Å². The molecule has 9 heavy (non-hydrogen) atoms. The van der Waals surface area contributed by atoms with Crippen LogP contribution < -0.4 is 11.3 Å². The molecule has 56 valence electrons. The lowest BCUT2D eigenvalue weighted by molar-refractivity contribution is 0.150. The third-order valence-electron chi connectivity index (χ3n) is 1.69. The molecule has 1 fully saturated rings. The van der Waals surface area contributed by atoms with E-state index in [9.17, 15) is 0 Å². The average Bonchev–Trinajstić information content (AvgIpc) is 2.14. The van der Waals surface area contributed by atoms with E-state index in [0.717, 1.165) is 19.3 Å². The number of hydrogen-bond donors (Lipinski definition) is 3. The van der Waals surface area contributed by atoms with Crippen molar-refractivity contribution in [2.45, 2.75) is 31.4 Å². The summed E-state index contributed by atoms with van der Waals surface area (Å²) in [6.45, 7) is 0.